The third-order valence-corrected chi connectivity index (χ3v) is 5.03. The Hall–Kier alpha value is -3.61. The lowest BCUT2D eigenvalue weighted by Gasteiger charge is -2.16. The van der Waals surface area contributed by atoms with Gasteiger partial charge in [-0.15, -0.1) is 0 Å². The summed E-state index contributed by atoms with van der Waals surface area (Å²) < 4.78 is 6.84. The molecule has 1 atom stereocenters. The Kier molecular flexibility index (Phi) is 5.29. The Morgan fingerprint density at radius 2 is 1.97 bits per heavy atom. The van der Waals surface area contributed by atoms with Crippen molar-refractivity contribution in [1.29, 1.82) is 0 Å². The van der Waals surface area contributed by atoms with Gasteiger partial charge in [-0.2, -0.15) is 0 Å². The minimum absolute atomic E-state index is 0.210. The fourth-order valence-electron chi connectivity index (χ4n) is 3.53. The second kappa shape index (κ2) is 8.18. The number of rotatable bonds is 7. The molecule has 148 valence electrons. The number of nitrogens with zero attached hydrogens (tertiary/aromatic N) is 2. The molecule has 4 rings (SSSR count). The molecule has 0 radical (unpaired) electrons. The Morgan fingerprint density at radius 3 is 2.83 bits per heavy atom. The lowest BCUT2D eigenvalue weighted by molar-refractivity contribution is -0.145. The van der Waals surface area contributed by atoms with Crippen LogP contribution in [-0.4, -0.2) is 39.6 Å². The molecule has 0 aliphatic heterocycles. The summed E-state index contributed by atoms with van der Waals surface area (Å²) in [4.78, 5) is 32.3. The van der Waals surface area contributed by atoms with E-state index in [1.807, 2.05) is 59.3 Å². The number of nitrogens with one attached hydrogen (secondary N) is 2. The van der Waals surface area contributed by atoms with Gasteiger partial charge in [-0.3, -0.25) is 4.79 Å². The van der Waals surface area contributed by atoms with Gasteiger partial charge in [0.15, 0.2) is 0 Å². The van der Waals surface area contributed by atoms with Crippen LogP contribution < -0.4 is 5.32 Å². The van der Waals surface area contributed by atoms with E-state index in [1.54, 1.807) is 6.33 Å². The molecule has 1 unspecified atom stereocenters. The normalized spacial score (nSPS) is 12.2. The number of imidazole rings is 1. The van der Waals surface area contributed by atoms with Crippen molar-refractivity contribution in [3.05, 3.63) is 66.6 Å². The van der Waals surface area contributed by atoms with E-state index in [9.17, 15) is 9.59 Å². The first-order chi connectivity index (χ1) is 14.2. The Bertz CT molecular complexity index is 1160. The van der Waals surface area contributed by atoms with Crippen LogP contribution >= 0.6 is 0 Å². The number of hydrogen-bond donors (Lipinski definition) is 2. The minimum atomic E-state index is -0.744. The highest BCUT2D eigenvalue weighted by Gasteiger charge is 2.23. The van der Waals surface area contributed by atoms with Crippen LogP contribution in [0.5, 0.6) is 0 Å². The molecule has 0 aliphatic rings. The van der Waals surface area contributed by atoms with Crippen molar-refractivity contribution in [3.63, 3.8) is 0 Å². The van der Waals surface area contributed by atoms with Gasteiger partial charge < -0.3 is 19.6 Å². The average molecular weight is 390 g/mol. The van der Waals surface area contributed by atoms with E-state index in [2.05, 4.69) is 15.3 Å². The molecule has 0 saturated heterocycles. The molecule has 1 amide bonds. The first-order valence-electron chi connectivity index (χ1n) is 9.48. The first kappa shape index (κ1) is 18.7. The van der Waals surface area contributed by atoms with E-state index in [0.29, 0.717) is 13.0 Å². The third kappa shape index (κ3) is 3.99. The Balaban J connectivity index is 1.43. The van der Waals surface area contributed by atoms with Crippen molar-refractivity contribution in [2.75, 3.05) is 7.11 Å². The van der Waals surface area contributed by atoms with Crippen LogP contribution in [0.3, 0.4) is 0 Å². The van der Waals surface area contributed by atoms with Crippen LogP contribution in [0, 0.1) is 0 Å². The highest BCUT2D eigenvalue weighted by molar-refractivity contribution is 5.87. The van der Waals surface area contributed by atoms with Crippen molar-refractivity contribution in [1.82, 2.24) is 19.9 Å². The van der Waals surface area contributed by atoms with Gasteiger partial charge in [-0.25, -0.2) is 9.78 Å². The summed E-state index contributed by atoms with van der Waals surface area (Å²) in [5.74, 6) is -0.672. The second-order valence-electron chi connectivity index (χ2n) is 6.88. The molecule has 29 heavy (non-hydrogen) atoms. The van der Waals surface area contributed by atoms with Gasteiger partial charge in [-0.05, 0) is 23.8 Å². The van der Waals surface area contributed by atoms with E-state index in [1.165, 1.54) is 7.11 Å². The summed E-state index contributed by atoms with van der Waals surface area (Å²) in [6.45, 7) is 0.479. The smallest absolute Gasteiger partial charge is 0.328 e. The number of carbonyl (C=O) groups is 2. The van der Waals surface area contributed by atoms with E-state index in [-0.39, 0.29) is 12.3 Å². The van der Waals surface area contributed by atoms with Crippen LogP contribution in [-0.2, 0) is 27.3 Å². The zero-order chi connectivity index (χ0) is 20.2. The van der Waals surface area contributed by atoms with Crippen molar-refractivity contribution >= 4 is 33.8 Å². The molecule has 0 fully saturated rings. The number of para-hydroxylation sites is 3. The first-order valence-corrected chi connectivity index (χ1v) is 9.48. The molecule has 2 N–H and O–H groups in total. The second-order valence-corrected chi connectivity index (χ2v) is 6.88. The number of carbonyl (C=O) groups excluding carboxylic acids is 2. The highest BCUT2D eigenvalue weighted by Crippen LogP contribution is 2.19. The molecule has 7 nitrogen and oxygen atoms in total. The number of ether oxygens (including phenoxy) is 1. The number of methoxy groups -OCH3 is 1. The predicted molar refractivity (Wildman–Crippen MR) is 110 cm³/mol. The molecule has 2 aromatic heterocycles. The maximum atomic E-state index is 12.5. The zero-order valence-electron chi connectivity index (χ0n) is 16.1. The summed E-state index contributed by atoms with van der Waals surface area (Å²) in [6, 6.07) is 14.9. The minimum Gasteiger partial charge on any atom is -0.467 e. The molecule has 0 spiro atoms. The summed E-state index contributed by atoms with van der Waals surface area (Å²) in [6.07, 6.45) is 4.18. The number of amides is 1. The number of aryl methyl sites for hydroxylation is 1. The highest BCUT2D eigenvalue weighted by atomic mass is 16.5. The molecule has 4 aromatic rings. The molecule has 2 aromatic carbocycles. The summed E-state index contributed by atoms with van der Waals surface area (Å²) in [5, 5.41) is 3.85. The lowest BCUT2D eigenvalue weighted by atomic mass is 10.0. The SMILES string of the molecule is COC(=O)C(Cc1c[nH]c2ccccc12)NC(=O)CCn1cnc2ccccc21. The van der Waals surface area contributed by atoms with Crippen molar-refractivity contribution in [2.24, 2.45) is 0 Å². The number of hydrogen-bond acceptors (Lipinski definition) is 4. The number of H-pyrrole nitrogens is 1. The van der Waals surface area contributed by atoms with E-state index in [4.69, 9.17) is 4.74 Å². The fraction of sp³-hybridized carbons (Fsp3) is 0.227. The van der Waals surface area contributed by atoms with Crippen LogP contribution in [0.1, 0.15) is 12.0 Å². The molecule has 7 heteroatoms. The number of aromatic nitrogens is 3. The topological polar surface area (TPSA) is 89.0 Å². The van der Waals surface area contributed by atoms with Crippen molar-refractivity contribution in [3.8, 4) is 0 Å². The summed E-state index contributed by atoms with van der Waals surface area (Å²) >= 11 is 0. The Morgan fingerprint density at radius 1 is 1.17 bits per heavy atom. The van der Waals surface area contributed by atoms with Crippen LogP contribution in [0.4, 0.5) is 0 Å². The quantitative estimate of drug-likeness (QED) is 0.475. The molecule has 0 aliphatic carbocycles. The maximum absolute atomic E-state index is 12.5. The number of benzene rings is 2. The molecule has 2 heterocycles. The van der Waals surface area contributed by atoms with Gasteiger partial charge in [0.25, 0.3) is 0 Å². The predicted octanol–water partition coefficient (Wildman–Crippen LogP) is 2.81. The summed E-state index contributed by atoms with van der Waals surface area (Å²) in [5.41, 5.74) is 3.81. The van der Waals surface area contributed by atoms with Gasteiger partial charge in [0, 0.05) is 36.5 Å². The molecular formula is C22H22N4O3. The van der Waals surface area contributed by atoms with Gasteiger partial charge >= 0.3 is 5.97 Å². The van der Waals surface area contributed by atoms with Crippen LogP contribution in [0.2, 0.25) is 0 Å². The van der Waals surface area contributed by atoms with Gasteiger partial charge in [-0.1, -0.05) is 30.3 Å². The van der Waals surface area contributed by atoms with Crippen molar-refractivity contribution < 1.29 is 14.3 Å². The maximum Gasteiger partial charge on any atom is 0.328 e. The molecular weight excluding hydrogens is 368 g/mol. The van der Waals surface area contributed by atoms with Crippen molar-refractivity contribution in [2.45, 2.75) is 25.4 Å². The number of fused-ring (bicyclic) bond motifs is 2. The largest absolute Gasteiger partial charge is 0.467 e. The average Bonchev–Trinajstić information content (AvgIpc) is 3.35. The standard InChI is InChI=1S/C22H22N4O3/c1-29-22(28)19(12-15-13-23-17-7-3-2-6-16(15)17)25-21(27)10-11-26-14-24-18-8-4-5-9-20(18)26/h2-9,13-14,19,23H,10-12H2,1H3,(H,25,27). The van der Waals surface area contributed by atoms with Gasteiger partial charge in [0.2, 0.25) is 5.91 Å². The molecule has 0 saturated carbocycles. The van der Waals surface area contributed by atoms with E-state index >= 15 is 0 Å². The van der Waals surface area contributed by atoms with Crippen LogP contribution in [0.25, 0.3) is 21.9 Å². The van der Waals surface area contributed by atoms with E-state index in [0.717, 1.165) is 27.5 Å². The monoisotopic (exact) mass is 390 g/mol. The van der Waals surface area contributed by atoms with E-state index < -0.39 is 12.0 Å². The van der Waals surface area contributed by atoms with Crippen LogP contribution in [0.15, 0.2) is 61.1 Å². The van der Waals surface area contributed by atoms with Gasteiger partial charge in [0.1, 0.15) is 6.04 Å². The van der Waals surface area contributed by atoms with Gasteiger partial charge in [0.05, 0.1) is 24.5 Å². The number of esters is 1. The third-order valence-electron chi connectivity index (χ3n) is 5.03. The molecule has 0 bridgehead atoms. The number of aromatic amines is 1. The fourth-order valence-corrected chi connectivity index (χ4v) is 3.53. The lowest BCUT2D eigenvalue weighted by Crippen LogP contribution is -2.43. The zero-order valence-corrected chi connectivity index (χ0v) is 16.1. The summed E-state index contributed by atoms with van der Waals surface area (Å²) in [7, 11) is 1.33. The Labute approximate surface area is 167 Å².